The topological polar surface area (TPSA) is 144 Å². The molecule has 0 atom stereocenters. The summed E-state index contributed by atoms with van der Waals surface area (Å²) in [5.74, 6) is -1.49. The molecule has 0 bridgehead atoms. The minimum atomic E-state index is -0.833. The van der Waals surface area contributed by atoms with Crippen molar-refractivity contribution in [2.75, 3.05) is 0 Å². The summed E-state index contributed by atoms with van der Waals surface area (Å²) in [6.45, 7) is 3.20. The molecule has 0 rings (SSSR count). The Morgan fingerprint density at radius 1 is 0.929 bits per heavy atom. The van der Waals surface area contributed by atoms with Crippen LogP contribution in [0.2, 0.25) is 0 Å². The number of nitrogens with two attached hydrogens (primary N) is 2. The maximum Gasteiger partial charge on any atom is 0.309 e. The van der Waals surface area contributed by atoms with Crippen LogP contribution in [0.25, 0.3) is 0 Å². The van der Waals surface area contributed by atoms with Gasteiger partial charge in [-0.2, -0.15) is 0 Å². The van der Waals surface area contributed by atoms with Crippen LogP contribution < -0.4 is 11.5 Å². The van der Waals surface area contributed by atoms with Gasteiger partial charge < -0.3 is 21.7 Å². The highest BCUT2D eigenvalue weighted by Crippen LogP contribution is 1.67. The molecule has 7 heteroatoms. The Morgan fingerprint density at radius 3 is 1.00 bits per heavy atom. The molecule has 84 valence electrons. The molecule has 0 radical (unpaired) electrons. The van der Waals surface area contributed by atoms with Gasteiger partial charge in [0, 0.05) is 12.8 Å². The van der Waals surface area contributed by atoms with Gasteiger partial charge >= 0.3 is 18.0 Å². The average Bonchev–Trinajstić information content (AvgIpc) is 2.04. The van der Waals surface area contributed by atoms with Crippen molar-refractivity contribution >= 4 is 18.0 Å². The van der Waals surface area contributed by atoms with Crippen molar-refractivity contribution in [1.29, 1.82) is 0 Å². The molecule has 0 aromatic heterocycles. The minimum absolute atomic E-state index is 0.222. The van der Waals surface area contributed by atoms with Crippen molar-refractivity contribution in [3.05, 3.63) is 0 Å². The molecule has 0 aliphatic rings. The Bertz CT molecular complexity index is 163. The molecule has 0 fully saturated rings. The van der Waals surface area contributed by atoms with Gasteiger partial charge in [-0.05, 0) is 0 Å². The van der Waals surface area contributed by atoms with Gasteiger partial charge in [0.05, 0.1) is 0 Å². The predicted octanol–water partition coefficient (Wildman–Crippen LogP) is -0.0142. The fourth-order valence-electron chi connectivity index (χ4n) is 0. The van der Waals surface area contributed by atoms with E-state index < -0.39 is 18.0 Å². The number of amides is 2. The minimum Gasteiger partial charge on any atom is -0.481 e. The molecule has 0 spiro atoms. The van der Waals surface area contributed by atoms with E-state index in [2.05, 4.69) is 11.5 Å². The first kappa shape index (κ1) is 18.1. The van der Waals surface area contributed by atoms with Crippen molar-refractivity contribution in [2.45, 2.75) is 26.7 Å². The van der Waals surface area contributed by atoms with E-state index >= 15 is 0 Å². The average molecular weight is 208 g/mol. The Hall–Kier alpha value is -1.79. The van der Waals surface area contributed by atoms with Crippen LogP contribution in [-0.4, -0.2) is 28.2 Å². The van der Waals surface area contributed by atoms with Crippen LogP contribution in [-0.2, 0) is 9.59 Å². The van der Waals surface area contributed by atoms with E-state index in [0.717, 1.165) is 0 Å². The van der Waals surface area contributed by atoms with Crippen molar-refractivity contribution in [3.8, 4) is 0 Å². The van der Waals surface area contributed by atoms with Gasteiger partial charge in [-0.15, -0.1) is 0 Å². The van der Waals surface area contributed by atoms with Gasteiger partial charge in [0.25, 0.3) is 0 Å². The number of hydrogen-bond acceptors (Lipinski definition) is 3. The zero-order valence-corrected chi connectivity index (χ0v) is 8.19. The quantitative estimate of drug-likeness (QED) is 0.504. The number of carbonyl (C=O) groups excluding carboxylic acids is 1. The summed E-state index contributed by atoms with van der Waals surface area (Å²) < 4.78 is 0. The van der Waals surface area contributed by atoms with Crippen LogP contribution in [0.5, 0.6) is 0 Å². The number of rotatable bonds is 2. The standard InChI is InChI=1S/2C3H6O2.CH4N2O/c2*1-2-3(4)5;2-1(3)4/h2*2H2,1H3,(H,4,5);(H4,2,3,4). The van der Waals surface area contributed by atoms with Crippen molar-refractivity contribution in [1.82, 2.24) is 0 Å². The van der Waals surface area contributed by atoms with Crippen LogP contribution in [0.3, 0.4) is 0 Å². The molecule has 6 N–H and O–H groups in total. The first-order valence-electron chi connectivity index (χ1n) is 3.76. The van der Waals surface area contributed by atoms with Crippen LogP contribution in [0.4, 0.5) is 4.79 Å². The highest BCUT2D eigenvalue weighted by Gasteiger charge is 1.81. The lowest BCUT2D eigenvalue weighted by molar-refractivity contribution is -0.137. The Kier molecular flexibility index (Phi) is 17.8. The molecule has 2 amide bonds. The molecular formula is C7H16N2O5. The van der Waals surface area contributed by atoms with E-state index in [0.29, 0.717) is 0 Å². The zero-order chi connectivity index (χ0) is 12.1. The van der Waals surface area contributed by atoms with Crippen LogP contribution >= 0.6 is 0 Å². The van der Waals surface area contributed by atoms with E-state index in [1.165, 1.54) is 0 Å². The van der Waals surface area contributed by atoms with Crippen molar-refractivity contribution in [3.63, 3.8) is 0 Å². The molecule has 0 aromatic rings. The summed E-state index contributed by atoms with van der Waals surface area (Å²) in [6, 6.07) is -0.833. The molecule has 0 aromatic carbocycles. The monoisotopic (exact) mass is 208 g/mol. The van der Waals surface area contributed by atoms with Crippen molar-refractivity contribution in [2.24, 2.45) is 11.5 Å². The Balaban J connectivity index is -0.000000131. The molecule has 0 unspecified atom stereocenters. The smallest absolute Gasteiger partial charge is 0.309 e. The summed E-state index contributed by atoms with van der Waals surface area (Å²) >= 11 is 0. The molecule has 0 saturated carbocycles. The molecule has 14 heavy (non-hydrogen) atoms. The van der Waals surface area contributed by atoms with Crippen LogP contribution in [0.1, 0.15) is 26.7 Å². The molecule has 0 aliphatic heterocycles. The van der Waals surface area contributed by atoms with Gasteiger partial charge in [-0.25, -0.2) is 4.79 Å². The lowest BCUT2D eigenvalue weighted by Crippen LogP contribution is -2.18. The number of hydrogen-bond donors (Lipinski definition) is 4. The lowest BCUT2D eigenvalue weighted by Gasteiger charge is -1.71. The second kappa shape index (κ2) is 13.8. The second-order valence-corrected chi connectivity index (χ2v) is 1.90. The van der Waals surface area contributed by atoms with Gasteiger partial charge in [0.15, 0.2) is 0 Å². The summed E-state index contributed by atoms with van der Waals surface area (Å²) in [6.07, 6.45) is 0.444. The molecule has 7 nitrogen and oxygen atoms in total. The summed E-state index contributed by atoms with van der Waals surface area (Å²) in [5.41, 5.74) is 8.50. The largest absolute Gasteiger partial charge is 0.481 e. The van der Waals surface area contributed by atoms with E-state index in [9.17, 15) is 9.59 Å². The Morgan fingerprint density at radius 2 is 1.00 bits per heavy atom. The molecular weight excluding hydrogens is 192 g/mol. The maximum absolute atomic E-state index is 9.37. The predicted molar refractivity (Wildman–Crippen MR) is 49.6 cm³/mol. The van der Waals surface area contributed by atoms with Gasteiger partial charge in [0.2, 0.25) is 0 Å². The Labute approximate surface area is 81.7 Å². The fraction of sp³-hybridized carbons (Fsp3) is 0.571. The third-order valence-electron chi connectivity index (χ3n) is 0.605. The first-order chi connectivity index (χ1) is 6.27. The van der Waals surface area contributed by atoms with E-state index in [-0.39, 0.29) is 12.8 Å². The highest BCUT2D eigenvalue weighted by atomic mass is 16.4. The second-order valence-electron chi connectivity index (χ2n) is 1.90. The molecule has 0 heterocycles. The molecule has 0 aliphatic carbocycles. The van der Waals surface area contributed by atoms with Crippen molar-refractivity contribution < 1.29 is 24.6 Å². The summed E-state index contributed by atoms with van der Waals surface area (Å²) in [5, 5.41) is 15.4. The summed E-state index contributed by atoms with van der Waals surface area (Å²) in [4.78, 5) is 27.7. The third kappa shape index (κ3) is 177. The molecule has 0 saturated heterocycles. The first-order valence-corrected chi connectivity index (χ1v) is 3.76. The van der Waals surface area contributed by atoms with E-state index in [1.54, 1.807) is 13.8 Å². The maximum atomic E-state index is 9.37. The van der Waals surface area contributed by atoms with Crippen LogP contribution in [0, 0.1) is 0 Å². The van der Waals surface area contributed by atoms with E-state index in [1.807, 2.05) is 0 Å². The highest BCUT2D eigenvalue weighted by molar-refractivity contribution is 5.69. The number of carboxylic acid groups (broad SMARTS) is 2. The number of aliphatic carboxylic acids is 2. The van der Waals surface area contributed by atoms with Gasteiger partial charge in [0.1, 0.15) is 0 Å². The normalized spacial score (nSPS) is 7.00. The van der Waals surface area contributed by atoms with E-state index in [4.69, 9.17) is 15.0 Å². The van der Waals surface area contributed by atoms with Gasteiger partial charge in [-0.3, -0.25) is 9.59 Å². The zero-order valence-electron chi connectivity index (χ0n) is 8.19. The summed E-state index contributed by atoms with van der Waals surface area (Å²) in [7, 11) is 0. The van der Waals surface area contributed by atoms with Crippen LogP contribution in [0.15, 0.2) is 0 Å². The number of urea groups is 1. The lowest BCUT2D eigenvalue weighted by atomic mass is 10.5. The number of carbonyl (C=O) groups is 3. The number of carboxylic acids is 2. The SMILES string of the molecule is CCC(=O)O.CCC(=O)O.NC(N)=O. The third-order valence-corrected chi connectivity index (χ3v) is 0.605. The van der Waals surface area contributed by atoms with Gasteiger partial charge in [-0.1, -0.05) is 13.8 Å². The number of primary amides is 2. The fourth-order valence-corrected chi connectivity index (χ4v) is 0.